The van der Waals surface area contributed by atoms with Crippen molar-refractivity contribution in [3.8, 4) is 0 Å². The van der Waals surface area contributed by atoms with E-state index in [4.69, 9.17) is 0 Å². The van der Waals surface area contributed by atoms with Crippen molar-refractivity contribution in [3.05, 3.63) is 0 Å². The van der Waals surface area contributed by atoms with Gasteiger partial charge in [0.2, 0.25) is 0 Å². The van der Waals surface area contributed by atoms with Gasteiger partial charge in [-0.15, -0.1) is 0 Å². The first-order chi connectivity index (χ1) is 9.55. The summed E-state index contributed by atoms with van der Waals surface area (Å²) in [7, 11) is 0. The molecule has 2 nitrogen and oxygen atoms in total. The van der Waals surface area contributed by atoms with Gasteiger partial charge in [0.25, 0.3) is 0 Å². The summed E-state index contributed by atoms with van der Waals surface area (Å²) in [6.07, 6.45) is 12.4. The summed E-state index contributed by atoms with van der Waals surface area (Å²) in [5.41, 5.74) is -0.479. The fourth-order valence-electron chi connectivity index (χ4n) is 3.44. The molecule has 0 spiro atoms. The number of aliphatic carboxylic acids is 1. The summed E-state index contributed by atoms with van der Waals surface area (Å²) >= 11 is 0. The van der Waals surface area contributed by atoms with Crippen LogP contribution >= 0.6 is 0 Å². The van der Waals surface area contributed by atoms with E-state index in [1.807, 2.05) is 0 Å². The molecule has 0 aromatic rings. The molecule has 0 fully saturated rings. The molecule has 0 rings (SSSR count). The van der Waals surface area contributed by atoms with Crippen molar-refractivity contribution in [3.63, 3.8) is 0 Å². The van der Waals surface area contributed by atoms with Crippen molar-refractivity contribution >= 4 is 5.97 Å². The molecule has 0 aliphatic rings. The third-order valence-electron chi connectivity index (χ3n) is 4.75. The molecule has 1 atom stereocenters. The van der Waals surface area contributed by atoms with E-state index in [9.17, 15) is 9.90 Å². The molecule has 0 aromatic heterocycles. The summed E-state index contributed by atoms with van der Waals surface area (Å²) in [5.74, 6) is -0.272. The first-order valence-electron chi connectivity index (χ1n) is 8.78. The van der Waals surface area contributed by atoms with E-state index in [2.05, 4.69) is 27.7 Å². The van der Waals surface area contributed by atoms with Crippen molar-refractivity contribution in [2.75, 3.05) is 0 Å². The van der Waals surface area contributed by atoms with Crippen molar-refractivity contribution in [2.24, 2.45) is 11.3 Å². The summed E-state index contributed by atoms with van der Waals surface area (Å²) in [5, 5.41) is 9.73. The maximum absolute atomic E-state index is 11.8. The molecule has 0 aliphatic carbocycles. The molecule has 2 heteroatoms. The van der Waals surface area contributed by atoms with Crippen molar-refractivity contribution < 1.29 is 9.90 Å². The van der Waals surface area contributed by atoms with Crippen LogP contribution in [0.5, 0.6) is 0 Å². The van der Waals surface area contributed by atoms with Crippen LogP contribution in [0.25, 0.3) is 0 Å². The highest BCUT2D eigenvalue weighted by Crippen LogP contribution is 2.40. The highest BCUT2D eigenvalue weighted by Gasteiger charge is 2.41. The Kier molecular flexibility index (Phi) is 10.9. The third-order valence-corrected chi connectivity index (χ3v) is 4.75. The van der Waals surface area contributed by atoms with E-state index in [0.717, 1.165) is 32.1 Å². The van der Waals surface area contributed by atoms with E-state index < -0.39 is 11.4 Å². The van der Waals surface area contributed by atoms with E-state index in [1.165, 1.54) is 38.5 Å². The van der Waals surface area contributed by atoms with Crippen LogP contribution in [0.4, 0.5) is 0 Å². The monoisotopic (exact) mass is 284 g/mol. The molecule has 0 bridgehead atoms. The van der Waals surface area contributed by atoms with Crippen LogP contribution < -0.4 is 0 Å². The molecule has 1 unspecified atom stereocenters. The first kappa shape index (κ1) is 19.5. The Morgan fingerprint density at radius 1 is 0.900 bits per heavy atom. The van der Waals surface area contributed by atoms with Crippen LogP contribution in [-0.4, -0.2) is 11.1 Å². The zero-order valence-electron chi connectivity index (χ0n) is 14.2. The fraction of sp³-hybridized carbons (Fsp3) is 0.944. The van der Waals surface area contributed by atoms with Gasteiger partial charge >= 0.3 is 5.97 Å². The Morgan fingerprint density at radius 2 is 1.40 bits per heavy atom. The van der Waals surface area contributed by atoms with Crippen LogP contribution in [0.1, 0.15) is 98.3 Å². The van der Waals surface area contributed by atoms with Gasteiger partial charge < -0.3 is 5.11 Å². The molecule has 0 amide bonds. The highest BCUT2D eigenvalue weighted by molar-refractivity contribution is 5.75. The molecule has 1 N–H and O–H groups in total. The summed E-state index contributed by atoms with van der Waals surface area (Å²) in [6, 6.07) is 0. The zero-order chi connectivity index (χ0) is 15.4. The van der Waals surface area contributed by atoms with Gasteiger partial charge in [0.05, 0.1) is 5.41 Å². The topological polar surface area (TPSA) is 37.3 Å². The lowest BCUT2D eigenvalue weighted by molar-refractivity contribution is -0.154. The summed E-state index contributed by atoms with van der Waals surface area (Å²) < 4.78 is 0. The molecular formula is C18H36O2. The van der Waals surface area contributed by atoms with E-state index in [1.54, 1.807) is 0 Å². The quantitative estimate of drug-likeness (QED) is 0.418. The molecule has 120 valence electrons. The van der Waals surface area contributed by atoms with Crippen molar-refractivity contribution in [2.45, 2.75) is 98.3 Å². The van der Waals surface area contributed by atoms with Gasteiger partial charge in [-0.3, -0.25) is 4.79 Å². The molecular weight excluding hydrogens is 248 g/mol. The predicted octanol–water partition coefficient (Wildman–Crippen LogP) is 6.04. The molecule has 0 saturated carbocycles. The smallest absolute Gasteiger partial charge is 0.309 e. The average Bonchev–Trinajstić information content (AvgIpc) is 2.41. The molecule has 0 aliphatic heterocycles. The molecule has 0 heterocycles. The Labute approximate surface area is 126 Å². The molecule has 20 heavy (non-hydrogen) atoms. The third kappa shape index (κ3) is 6.28. The molecule has 0 saturated heterocycles. The second-order valence-corrected chi connectivity index (χ2v) is 6.42. The maximum Gasteiger partial charge on any atom is 0.309 e. The lowest BCUT2D eigenvalue weighted by atomic mass is 9.68. The van der Waals surface area contributed by atoms with Gasteiger partial charge in [0, 0.05) is 0 Å². The number of hydrogen-bond acceptors (Lipinski definition) is 1. The number of rotatable bonds is 13. The number of hydrogen-bond donors (Lipinski definition) is 1. The minimum absolute atomic E-state index is 0.297. The van der Waals surface area contributed by atoms with Gasteiger partial charge in [0.15, 0.2) is 0 Å². The Bertz CT molecular complexity index is 242. The van der Waals surface area contributed by atoms with E-state index in [-0.39, 0.29) is 0 Å². The normalized spacial score (nSPS) is 13.4. The summed E-state index contributed by atoms with van der Waals surface area (Å²) in [6.45, 7) is 8.60. The summed E-state index contributed by atoms with van der Waals surface area (Å²) in [4.78, 5) is 11.8. The van der Waals surface area contributed by atoms with Gasteiger partial charge in [-0.2, -0.15) is 0 Å². The standard InChI is InChI=1S/C18H36O2/c1-5-8-9-10-11-12-13-16(4)18(14-6-2,15-7-3)17(19)20/h16H,5-15H2,1-4H3,(H,19,20). The van der Waals surface area contributed by atoms with Crippen LogP contribution in [0.2, 0.25) is 0 Å². The van der Waals surface area contributed by atoms with E-state index >= 15 is 0 Å². The SMILES string of the molecule is CCCCCCCCC(C)C(CCC)(CCC)C(=O)O. The van der Waals surface area contributed by atoms with Crippen LogP contribution in [0.15, 0.2) is 0 Å². The minimum Gasteiger partial charge on any atom is -0.481 e. The second-order valence-electron chi connectivity index (χ2n) is 6.42. The largest absolute Gasteiger partial charge is 0.481 e. The molecule has 0 aromatic carbocycles. The van der Waals surface area contributed by atoms with Gasteiger partial charge in [0.1, 0.15) is 0 Å². The lowest BCUT2D eigenvalue weighted by Gasteiger charge is -2.35. The van der Waals surface area contributed by atoms with Crippen LogP contribution in [0.3, 0.4) is 0 Å². The zero-order valence-corrected chi connectivity index (χ0v) is 14.2. The Morgan fingerprint density at radius 3 is 1.85 bits per heavy atom. The number of carbonyl (C=O) groups is 1. The van der Waals surface area contributed by atoms with Crippen LogP contribution in [0, 0.1) is 11.3 Å². The minimum atomic E-state index is -0.570. The predicted molar refractivity (Wildman–Crippen MR) is 87.0 cm³/mol. The number of unbranched alkanes of at least 4 members (excludes halogenated alkanes) is 5. The fourth-order valence-corrected chi connectivity index (χ4v) is 3.44. The second kappa shape index (κ2) is 11.2. The average molecular weight is 284 g/mol. The lowest BCUT2D eigenvalue weighted by Crippen LogP contribution is -2.37. The Balaban J connectivity index is 4.33. The first-order valence-corrected chi connectivity index (χ1v) is 8.78. The van der Waals surface area contributed by atoms with Crippen LogP contribution in [-0.2, 0) is 4.79 Å². The van der Waals surface area contributed by atoms with Gasteiger partial charge in [-0.1, -0.05) is 79.1 Å². The van der Waals surface area contributed by atoms with Gasteiger partial charge in [-0.25, -0.2) is 0 Å². The Hall–Kier alpha value is -0.530. The van der Waals surface area contributed by atoms with Crippen molar-refractivity contribution in [1.29, 1.82) is 0 Å². The maximum atomic E-state index is 11.8. The number of carboxylic acid groups (broad SMARTS) is 1. The molecule has 0 radical (unpaired) electrons. The van der Waals surface area contributed by atoms with Gasteiger partial charge in [-0.05, 0) is 25.2 Å². The van der Waals surface area contributed by atoms with Crippen molar-refractivity contribution in [1.82, 2.24) is 0 Å². The highest BCUT2D eigenvalue weighted by atomic mass is 16.4. The van der Waals surface area contributed by atoms with E-state index in [0.29, 0.717) is 5.92 Å². The number of carboxylic acids is 1.